The van der Waals surface area contributed by atoms with E-state index in [0.717, 1.165) is 35.7 Å². The molecular formula is C22H25N3. The summed E-state index contributed by atoms with van der Waals surface area (Å²) in [5, 5.41) is 1.17. The van der Waals surface area contributed by atoms with Gasteiger partial charge < -0.3 is 4.90 Å². The first-order valence-electron chi connectivity index (χ1n) is 9.36. The van der Waals surface area contributed by atoms with E-state index < -0.39 is 0 Å². The number of piperidine rings is 1. The van der Waals surface area contributed by atoms with Gasteiger partial charge in [0.15, 0.2) is 5.82 Å². The molecule has 2 aromatic carbocycles. The Labute approximate surface area is 149 Å². The van der Waals surface area contributed by atoms with Gasteiger partial charge >= 0.3 is 0 Å². The minimum Gasteiger partial charge on any atom is -0.353 e. The summed E-state index contributed by atoms with van der Waals surface area (Å²) in [4.78, 5) is 12.4. The van der Waals surface area contributed by atoms with Gasteiger partial charge in [-0.2, -0.15) is 0 Å². The standard InChI is InChI=1S/C22H25N3/c1-3-18-8-6-7-15-25(18)22-19-9-4-5-10-20(19)23-21(24-22)17-13-11-16(2)12-14-17/h4-5,9-14,18H,3,6-8,15H2,1-2H3. The summed E-state index contributed by atoms with van der Waals surface area (Å²) in [6, 6.07) is 17.5. The lowest BCUT2D eigenvalue weighted by Gasteiger charge is -2.37. The van der Waals surface area contributed by atoms with Gasteiger partial charge in [-0.3, -0.25) is 0 Å². The highest BCUT2D eigenvalue weighted by atomic mass is 15.2. The summed E-state index contributed by atoms with van der Waals surface area (Å²) in [5.74, 6) is 1.93. The molecule has 0 saturated carbocycles. The highest BCUT2D eigenvalue weighted by molar-refractivity contribution is 5.91. The Kier molecular flexibility index (Phi) is 4.39. The number of anilines is 1. The lowest BCUT2D eigenvalue weighted by molar-refractivity contribution is 0.448. The van der Waals surface area contributed by atoms with Gasteiger partial charge in [0.2, 0.25) is 0 Å². The number of aromatic nitrogens is 2. The first-order chi connectivity index (χ1) is 12.3. The van der Waals surface area contributed by atoms with Crippen molar-refractivity contribution < 1.29 is 0 Å². The normalized spacial score (nSPS) is 17.8. The summed E-state index contributed by atoms with van der Waals surface area (Å²) >= 11 is 0. The molecule has 3 heteroatoms. The van der Waals surface area contributed by atoms with E-state index in [1.807, 2.05) is 0 Å². The third-order valence-electron chi connectivity index (χ3n) is 5.26. The predicted molar refractivity (Wildman–Crippen MR) is 105 cm³/mol. The molecule has 1 saturated heterocycles. The van der Waals surface area contributed by atoms with Crippen molar-refractivity contribution in [2.75, 3.05) is 11.4 Å². The van der Waals surface area contributed by atoms with Crippen molar-refractivity contribution in [2.24, 2.45) is 0 Å². The van der Waals surface area contributed by atoms with Gasteiger partial charge in [0.05, 0.1) is 5.52 Å². The number of fused-ring (bicyclic) bond motifs is 1. The van der Waals surface area contributed by atoms with Crippen molar-refractivity contribution in [1.82, 2.24) is 9.97 Å². The van der Waals surface area contributed by atoms with Crippen LogP contribution in [-0.2, 0) is 0 Å². The number of aryl methyl sites for hydroxylation is 1. The molecule has 128 valence electrons. The Hall–Kier alpha value is -2.42. The minimum atomic E-state index is 0.581. The molecule has 0 N–H and O–H groups in total. The first-order valence-corrected chi connectivity index (χ1v) is 9.36. The molecule has 2 heterocycles. The maximum atomic E-state index is 5.04. The molecule has 1 unspecified atom stereocenters. The van der Waals surface area contributed by atoms with Crippen LogP contribution in [0.15, 0.2) is 48.5 Å². The maximum Gasteiger partial charge on any atom is 0.162 e. The number of hydrogen-bond acceptors (Lipinski definition) is 3. The molecule has 1 aliphatic heterocycles. The molecule has 1 fully saturated rings. The van der Waals surface area contributed by atoms with Gasteiger partial charge in [0, 0.05) is 23.5 Å². The van der Waals surface area contributed by atoms with E-state index in [2.05, 4.69) is 67.3 Å². The van der Waals surface area contributed by atoms with Crippen molar-refractivity contribution in [1.29, 1.82) is 0 Å². The number of hydrogen-bond donors (Lipinski definition) is 0. The second kappa shape index (κ2) is 6.83. The Balaban J connectivity index is 1.88. The van der Waals surface area contributed by atoms with Gasteiger partial charge in [-0.25, -0.2) is 9.97 Å². The van der Waals surface area contributed by atoms with Crippen LogP contribution in [0.5, 0.6) is 0 Å². The fourth-order valence-corrected chi connectivity index (χ4v) is 3.81. The maximum absolute atomic E-state index is 5.04. The molecule has 0 amide bonds. The third kappa shape index (κ3) is 3.11. The lowest BCUT2D eigenvalue weighted by atomic mass is 9.99. The Bertz CT molecular complexity index is 870. The zero-order valence-corrected chi connectivity index (χ0v) is 15.1. The molecule has 0 aliphatic carbocycles. The zero-order chi connectivity index (χ0) is 17.2. The average Bonchev–Trinajstić information content (AvgIpc) is 2.67. The molecule has 25 heavy (non-hydrogen) atoms. The van der Waals surface area contributed by atoms with Gasteiger partial charge in [-0.1, -0.05) is 48.9 Å². The summed E-state index contributed by atoms with van der Waals surface area (Å²) in [5.41, 5.74) is 3.37. The molecule has 3 nitrogen and oxygen atoms in total. The molecule has 3 aromatic rings. The van der Waals surface area contributed by atoms with Gasteiger partial charge in [0.25, 0.3) is 0 Å². The van der Waals surface area contributed by atoms with E-state index >= 15 is 0 Å². The van der Waals surface area contributed by atoms with Gasteiger partial charge in [-0.15, -0.1) is 0 Å². The van der Waals surface area contributed by atoms with Crippen molar-refractivity contribution in [3.63, 3.8) is 0 Å². The molecule has 0 bridgehead atoms. The monoisotopic (exact) mass is 331 g/mol. The SMILES string of the molecule is CCC1CCCCN1c1nc(-c2ccc(C)cc2)nc2ccccc12. The van der Waals surface area contributed by atoms with Crippen LogP contribution in [0.4, 0.5) is 5.82 Å². The predicted octanol–water partition coefficient (Wildman–Crippen LogP) is 5.37. The third-order valence-corrected chi connectivity index (χ3v) is 5.26. The van der Waals surface area contributed by atoms with Crippen LogP contribution in [0.3, 0.4) is 0 Å². The Morgan fingerprint density at radius 3 is 2.60 bits per heavy atom. The number of para-hydroxylation sites is 1. The summed E-state index contributed by atoms with van der Waals surface area (Å²) in [7, 11) is 0. The van der Waals surface area contributed by atoms with E-state index in [4.69, 9.17) is 9.97 Å². The largest absolute Gasteiger partial charge is 0.353 e. The van der Waals surface area contributed by atoms with Crippen LogP contribution >= 0.6 is 0 Å². The lowest BCUT2D eigenvalue weighted by Crippen LogP contribution is -2.39. The fraction of sp³-hybridized carbons (Fsp3) is 0.364. The van der Waals surface area contributed by atoms with E-state index in [9.17, 15) is 0 Å². The molecule has 1 aliphatic rings. The molecular weight excluding hydrogens is 306 g/mol. The molecule has 0 radical (unpaired) electrons. The smallest absolute Gasteiger partial charge is 0.162 e. The van der Waals surface area contributed by atoms with Crippen LogP contribution in [0.1, 0.15) is 38.2 Å². The van der Waals surface area contributed by atoms with Crippen LogP contribution in [0, 0.1) is 6.92 Å². The highest BCUT2D eigenvalue weighted by Crippen LogP contribution is 2.32. The van der Waals surface area contributed by atoms with E-state index in [-0.39, 0.29) is 0 Å². The minimum absolute atomic E-state index is 0.581. The van der Waals surface area contributed by atoms with Crippen molar-refractivity contribution in [3.05, 3.63) is 54.1 Å². The van der Waals surface area contributed by atoms with Gasteiger partial charge in [0.1, 0.15) is 5.82 Å². The van der Waals surface area contributed by atoms with Crippen LogP contribution in [0.25, 0.3) is 22.3 Å². The van der Waals surface area contributed by atoms with E-state index in [1.165, 1.54) is 30.2 Å². The zero-order valence-electron chi connectivity index (χ0n) is 15.1. The van der Waals surface area contributed by atoms with Crippen LogP contribution in [-0.4, -0.2) is 22.6 Å². The highest BCUT2D eigenvalue weighted by Gasteiger charge is 2.24. The number of nitrogens with zero attached hydrogens (tertiary/aromatic N) is 3. The second-order valence-corrected chi connectivity index (χ2v) is 7.01. The Morgan fingerprint density at radius 1 is 1.00 bits per heavy atom. The molecule has 0 spiro atoms. The summed E-state index contributed by atoms with van der Waals surface area (Å²) in [6.45, 7) is 5.48. The quantitative estimate of drug-likeness (QED) is 0.645. The van der Waals surface area contributed by atoms with Crippen molar-refractivity contribution in [2.45, 2.75) is 45.6 Å². The van der Waals surface area contributed by atoms with Crippen LogP contribution < -0.4 is 4.90 Å². The first kappa shape index (κ1) is 16.1. The molecule has 4 rings (SSSR count). The number of benzene rings is 2. The van der Waals surface area contributed by atoms with Crippen molar-refractivity contribution in [3.8, 4) is 11.4 Å². The number of rotatable bonds is 3. The fourth-order valence-electron chi connectivity index (χ4n) is 3.81. The Morgan fingerprint density at radius 2 is 1.80 bits per heavy atom. The van der Waals surface area contributed by atoms with E-state index in [0.29, 0.717) is 6.04 Å². The summed E-state index contributed by atoms with van der Waals surface area (Å²) < 4.78 is 0. The average molecular weight is 331 g/mol. The van der Waals surface area contributed by atoms with Crippen molar-refractivity contribution >= 4 is 16.7 Å². The summed E-state index contributed by atoms with van der Waals surface area (Å²) in [6.07, 6.45) is 4.99. The van der Waals surface area contributed by atoms with Crippen LogP contribution in [0.2, 0.25) is 0 Å². The second-order valence-electron chi connectivity index (χ2n) is 7.01. The molecule has 1 aromatic heterocycles. The molecule has 1 atom stereocenters. The van der Waals surface area contributed by atoms with E-state index in [1.54, 1.807) is 0 Å². The van der Waals surface area contributed by atoms with Gasteiger partial charge in [-0.05, 0) is 44.7 Å². The topological polar surface area (TPSA) is 29.0 Å².